The number of aromatic nitrogens is 2. The third kappa shape index (κ3) is 5.44. The first-order valence-corrected chi connectivity index (χ1v) is 10.8. The fourth-order valence-electron chi connectivity index (χ4n) is 3.67. The first-order chi connectivity index (χ1) is 15.6. The molecule has 0 radical (unpaired) electrons. The number of hydrogen-bond donors (Lipinski definition) is 2. The summed E-state index contributed by atoms with van der Waals surface area (Å²) in [4.78, 5) is 8.96. The summed E-state index contributed by atoms with van der Waals surface area (Å²) >= 11 is 0. The molecule has 2 aromatic carbocycles. The second-order valence-electron chi connectivity index (χ2n) is 7.90. The molecule has 8 nitrogen and oxygen atoms in total. The predicted octanol–water partition coefficient (Wildman–Crippen LogP) is 3.07. The quantitative estimate of drug-likeness (QED) is 0.554. The van der Waals surface area contributed by atoms with E-state index < -0.39 is 0 Å². The molecule has 4 N–H and O–H groups in total. The Morgan fingerprint density at radius 2 is 1.78 bits per heavy atom. The van der Waals surface area contributed by atoms with E-state index in [2.05, 4.69) is 16.0 Å². The van der Waals surface area contributed by atoms with Crippen LogP contribution in [0.25, 0.3) is 10.9 Å². The maximum Gasteiger partial charge on any atom is 0.317 e. The van der Waals surface area contributed by atoms with Crippen molar-refractivity contribution in [1.29, 1.82) is 5.26 Å². The van der Waals surface area contributed by atoms with Crippen molar-refractivity contribution in [1.82, 2.24) is 9.97 Å². The summed E-state index contributed by atoms with van der Waals surface area (Å²) in [6.45, 7) is 1.08. The van der Waals surface area contributed by atoms with Gasteiger partial charge < -0.3 is 25.7 Å². The van der Waals surface area contributed by atoms with Gasteiger partial charge >= 0.3 is 6.01 Å². The van der Waals surface area contributed by atoms with Crippen LogP contribution in [0.2, 0.25) is 0 Å². The Kier molecular flexibility index (Phi) is 7.00. The van der Waals surface area contributed by atoms with Crippen molar-refractivity contribution in [3.05, 3.63) is 53.7 Å². The maximum absolute atomic E-state index is 8.96. The van der Waals surface area contributed by atoms with Gasteiger partial charge in [0.25, 0.3) is 0 Å². The largest absolute Gasteiger partial charge is 0.488 e. The zero-order valence-corrected chi connectivity index (χ0v) is 17.9. The number of ether oxygens (including phenoxy) is 3. The van der Waals surface area contributed by atoms with Crippen molar-refractivity contribution in [2.24, 2.45) is 11.5 Å². The number of fused-ring (bicyclic) bond motifs is 1. The standard InChI is InChI=1S/C24H27N5O3/c25-9-10-30-22-11-18-14-28-24(32-20-7-5-19(27)6-8-20)29-21(18)12-23(22)31-15-17-3-1-16(13-26)2-4-17/h1-4,11-12,14,19-20H,5-10,15,25,27H2. The molecule has 3 aromatic rings. The molecule has 0 bridgehead atoms. The zero-order chi connectivity index (χ0) is 22.3. The van der Waals surface area contributed by atoms with Crippen LogP contribution in [0.1, 0.15) is 36.8 Å². The van der Waals surface area contributed by atoms with Gasteiger partial charge in [-0.15, -0.1) is 0 Å². The zero-order valence-electron chi connectivity index (χ0n) is 17.9. The van der Waals surface area contributed by atoms with Gasteiger partial charge in [-0.3, -0.25) is 0 Å². The number of nitrogens with two attached hydrogens (primary N) is 2. The van der Waals surface area contributed by atoms with Gasteiger partial charge in [0.1, 0.15) is 19.3 Å². The second-order valence-corrected chi connectivity index (χ2v) is 7.90. The van der Waals surface area contributed by atoms with Crippen LogP contribution in [0.15, 0.2) is 42.6 Å². The fourth-order valence-corrected chi connectivity index (χ4v) is 3.67. The van der Waals surface area contributed by atoms with E-state index in [0.29, 0.717) is 48.3 Å². The minimum atomic E-state index is 0.0894. The van der Waals surface area contributed by atoms with Crippen molar-refractivity contribution in [2.75, 3.05) is 13.2 Å². The normalized spacial score (nSPS) is 18.2. The second kappa shape index (κ2) is 10.3. The van der Waals surface area contributed by atoms with E-state index in [-0.39, 0.29) is 12.1 Å². The topological polar surface area (TPSA) is 129 Å². The Morgan fingerprint density at radius 1 is 1.03 bits per heavy atom. The predicted molar refractivity (Wildman–Crippen MR) is 120 cm³/mol. The first-order valence-electron chi connectivity index (χ1n) is 10.8. The minimum Gasteiger partial charge on any atom is -0.488 e. The van der Waals surface area contributed by atoms with E-state index in [9.17, 15) is 0 Å². The summed E-state index contributed by atoms with van der Waals surface area (Å²) in [5.41, 5.74) is 13.8. The van der Waals surface area contributed by atoms with Crippen molar-refractivity contribution in [3.63, 3.8) is 0 Å². The van der Waals surface area contributed by atoms with Crippen molar-refractivity contribution in [3.8, 4) is 23.6 Å². The Labute approximate surface area is 187 Å². The molecule has 1 aliphatic carbocycles. The van der Waals surface area contributed by atoms with Crippen LogP contribution < -0.4 is 25.7 Å². The molecule has 8 heteroatoms. The molecule has 0 atom stereocenters. The van der Waals surface area contributed by atoms with Crippen LogP contribution in [0.3, 0.4) is 0 Å². The first kappa shape index (κ1) is 21.8. The van der Waals surface area contributed by atoms with Crippen LogP contribution in [0.5, 0.6) is 17.5 Å². The van der Waals surface area contributed by atoms with E-state index in [0.717, 1.165) is 36.6 Å². The van der Waals surface area contributed by atoms with Crippen molar-refractivity contribution < 1.29 is 14.2 Å². The number of nitrogens with zero attached hydrogens (tertiary/aromatic N) is 3. The van der Waals surface area contributed by atoms with Gasteiger partial charge in [0, 0.05) is 30.2 Å². The average molecular weight is 434 g/mol. The Morgan fingerprint density at radius 3 is 2.50 bits per heavy atom. The monoisotopic (exact) mass is 433 g/mol. The lowest BCUT2D eigenvalue weighted by Crippen LogP contribution is -2.32. The molecule has 1 saturated carbocycles. The molecule has 0 unspecified atom stereocenters. The summed E-state index contributed by atoms with van der Waals surface area (Å²) in [7, 11) is 0. The Bertz CT molecular complexity index is 1090. The highest BCUT2D eigenvalue weighted by atomic mass is 16.5. The van der Waals surface area contributed by atoms with Crippen LogP contribution in [-0.4, -0.2) is 35.3 Å². The molecule has 0 spiro atoms. The molecule has 0 saturated heterocycles. The SMILES string of the molecule is N#Cc1ccc(COc2cc3nc(OC4CCC(N)CC4)ncc3cc2OCCN)cc1. The molecule has 1 heterocycles. The highest BCUT2D eigenvalue weighted by Gasteiger charge is 2.21. The molecule has 166 valence electrons. The van der Waals surface area contributed by atoms with Crippen molar-refractivity contribution in [2.45, 2.75) is 44.4 Å². The highest BCUT2D eigenvalue weighted by Crippen LogP contribution is 2.33. The number of benzene rings is 2. The molecule has 1 aromatic heterocycles. The van der Waals surface area contributed by atoms with Crippen LogP contribution in [0.4, 0.5) is 0 Å². The van der Waals surface area contributed by atoms with Gasteiger partial charge in [0.05, 0.1) is 17.1 Å². The summed E-state index contributed by atoms with van der Waals surface area (Å²) in [5.74, 6) is 1.14. The summed E-state index contributed by atoms with van der Waals surface area (Å²) in [5, 5.41) is 9.78. The minimum absolute atomic E-state index is 0.0894. The van der Waals surface area contributed by atoms with Crippen molar-refractivity contribution >= 4 is 10.9 Å². The highest BCUT2D eigenvalue weighted by molar-refractivity contribution is 5.82. The lowest BCUT2D eigenvalue weighted by atomic mass is 9.94. The molecule has 4 rings (SSSR count). The summed E-state index contributed by atoms with van der Waals surface area (Å²) < 4.78 is 17.8. The fraction of sp³-hybridized carbons (Fsp3) is 0.375. The number of hydrogen-bond acceptors (Lipinski definition) is 8. The van der Waals surface area contributed by atoms with Gasteiger partial charge in [0.2, 0.25) is 0 Å². The van der Waals surface area contributed by atoms with E-state index >= 15 is 0 Å². The third-order valence-corrected chi connectivity index (χ3v) is 5.47. The number of rotatable bonds is 8. The molecule has 1 fully saturated rings. The third-order valence-electron chi connectivity index (χ3n) is 5.47. The van der Waals surface area contributed by atoms with E-state index in [1.165, 1.54) is 0 Å². The summed E-state index contributed by atoms with van der Waals surface area (Å²) in [6.07, 6.45) is 5.54. The van der Waals surface area contributed by atoms with Crippen LogP contribution in [-0.2, 0) is 6.61 Å². The smallest absolute Gasteiger partial charge is 0.317 e. The van der Waals surface area contributed by atoms with Gasteiger partial charge in [-0.05, 0) is 49.4 Å². The van der Waals surface area contributed by atoms with Gasteiger partial charge in [-0.2, -0.15) is 10.2 Å². The van der Waals surface area contributed by atoms with Crippen LogP contribution >= 0.6 is 0 Å². The van der Waals surface area contributed by atoms with Crippen LogP contribution in [0, 0.1) is 11.3 Å². The molecule has 0 amide bonds. The lowest BCUT2D eigenvalue weighted by molar-refractivity contribution is 0.135. The van der Waals surface area contributed by atoms with Gasteiger partial charge in [-0.25, -0.2) is 4.98 Å². The van der Waals surface area contributed by atoms with Gasteiger partial charge in [-0.1, -0.05) is 12.1 Å². The Balaban J connectivity index is 1.54. The molecular weight excluding hydrogens is 406 g/mol. The van der Waals surface area contributed by atoms with E-state index in [1.807, 2.05) is 24.3 Å². The lowest BCUT2D eigenvalue weighted by Gasteiger charge is -2.25. The number of nitriles is 1. The average Bonchev–Trinajstić information content (AvgIpc) is 2.83. The van der Waals surface area contributed by atoms with E-state index in [4.69, 9.17) is 30.9 Å². The molecular formula is C24H27N5O3. The molecule has 0 aliphatic heterocycles. The van der Waals surface area contributed by atoms with Gasteiger partial charge in [0.15, 0.2) is 11.5 Å². The maximum atomic E-state index is 8.96. The summed E-state index contributed by atoms with van der Waals surface area (Å²) in [6, 6.07) is 13.7. The van der Waals surface area contributed by atoms with E-state index in [1.54, 1.807) is 18.3 Å². The molecule has 1 aliphatic rings. The Hall–Kier alpha value is -3.41. The molecule has 32 heavy (non-hydrogen) atoms.